The van der Waals surface area contributed by atoms with Crippen molar-refractivity contribution in [2.75, 3.05) is 23.3 Å². The van der Waals surface area contributed by atoms with Crippen LogP contribution in [0.1, 0.15) is 28.8 Å². The molecule has 4 aromatic heterocycles. The Bertz CT molecular complexity index is 1340. The van der Waals surface area contributed by atoms with Crippen molar-refractivity contribution in [3.8, 4) is 11.4 Å². The highest BCUT2D eigenvalue weighted by atomic mass is 16.3. The highest BCUT2D eigenvalue weighted by Crippen LogP contribution is 2.33. The second-order valence-electron chi connectivity index (χ2n) is 8.24. The molecule has 33 heavy (non-hydrogen) atoms. The van der Waals surface area contributed by atoms with Gasteiger partial charge >= 0.3 is 0 Å². The highest BCUT2D eigenvalue weighted by molar-refractivity contribution is 6.05. The minimum atomic E-state index is -0.213. The first kappa shape index (κ1) is 19.6. The maximum atomic E-state index is 12.7. The van der Waals surface area contributed by atoms with Crippen LogP contribution in [0.5, 0.6) is 0 Å². The lowest BCUT2D eigenvalue weighted by atomic mass is 10.1. The fourth-order valence-corrected chi connectivity index (χ4v) is 4.46. The second-order valence-corrected chi connectivity index (χ2v) is 8.24. The number of anilines is 3. The van der Waals surface area contributed by atoms with Gasteiger partial charge in [0.2, 0.25) is 0 Å². The number of carbonyl (C=O) groups excluding carboxylic acids is 1. The van der Waals surface area contributed by atoms with Crippen LogP contribution in [0.3, 0.4) is 0 Å². The number of aliphatic hydroxyl groups excluding tert-OH is 1. The molecular weight excluding hydrogens is 420 g/mol. The Morgan fingerprint density at radius 2 is 1.94 bits per heavy atom. The van der Waals surface area contributed by atoms with E-state index >= 15 is 0 Å². The molecule has 6 heterocycles. The molecule has 1 amide bonds. The molecule has 0 atom stereocenters. The molecule has 0 aliphatic carbocycles. The van der Waals surface area contributed by atoms with Crippen molar-refractivity contribution >= 4 is 28.7 Å². The first-order chi connectivity index (χ1) is 16.2. The van der Waals surface area contributed by atoms with Crippen LogP contribution in [0.25, 0.3) is 17.0 Å². The molecule has 0 unspecified atom stereocenters. The number of pyridine rings is 2. The lowest BCUT2D eigenvalue weighted by molar-refractivity contribution is 0.0966. The van der Waals surface area contributed by atoms with E-state index in [0.717, 1.165) is 48.5 Å². The number of fused-ring (bicyclic) bond motifs is 2. The van der Waals surface area contributed by atoms with Gasteiger partial charge in [0.05, 0.1) is 47.3 Å². The van der Waals surface area contributed by atoms with E-state index in [2.05, 4.69) is 35.6 Å². The summed E-state index contributed by atoms with van der Waals surface area (Å²) in [6.45, 7) is 2.01. The second kappa shape index (κ2) is 7.82. The Labute approximate surface area is 189 Å². The monoisotopic (exact) mass is 442 g/mol. The number of aromatic nitrogens is 5. The Kier molecular flexibility index (Phi) is 4.65. The van der Waals surface area contributed by atoms with Crippen molar-refractivity contribution in [2.24, 2.45) is 0 Å². The third kappa shape index (κ3) is 3.44. The number of rotatable bonds is 4. The summed E-state index contributed by atoms with van der Waals surface area (Å²) in [5, 5.41) is 20.2. The van der Waals surface area contributed by atoms with Gasteiger partial charge in [-0.25, -0.2) is 14.5 Å². The zero-order chi connectivity index (χ0) is 22.4. The molecule has 1 fully saturated rings. The van der Waals surface area contributed by atoms with Gasteiger partial charge in [-0.2, -0.15) is 5.10 Å². The van der Waals surface area contributed by atoms with Gasteiger partial charge in [0.15, 0.2) is 5.65 Å². The molecule has 10 heteroatoms. The van der Waals surface area contributed by atoms with Gasteiger partial charge in [-0.3, -0.25) is 9.78 Å². The topological polar surface area (TPSA) is 121 Å². The maximum absolute atomic E-state index is 12.7. The van der Waals surface area contributed by atoms with Crippen LogP contribution in [0, 0.1) is 0 Å². The summed E-state index contributed by atoms with van der Waals surface area (Å²) >= 11 is 0. The molecule has 0 saturated carbocycles. The molecule has 2 aliphatic heterocycles. The van der Waals surface area contributed by atoms with Crippen LogP contribution >= 0.6 is 0 Å². The summed E-state index contributed by atoms with van der Waals surface area (Å²) in [5.41, 5.74) is 5.11. The molecule has 0 spiro atoms. The molecule has 10 nitrogen and oxygen atoms in total. The van der Waals surface area contributed by atoms with E-state index in [0.29, 0.717) is 29.3 Å². The Morgan fingerprint density at radius 1 is 1.06 bits per heavy atom. The summed E-state index contributed by atoms with van der Waals surface area (Å²) in [6.07, 6.45) is 8.20. The largest absolute Gasteiger partial charge is 0.393 e. The molecule has 4 aromatic rings. The van der Waals surface area contributed by atoms with Crippen LogP contribution in [-0.4, -0.2) is 54.8 Å². The van der Waals surface area contributed by atoms with Gasteiger partial charge in [0.1, 0.15) is 11.5 Å². The molecule has 0 aromatic carbocycles. The molecule has 3 N–H and O–H groups in total. The molecule has 6 rings (SSSR count). The molecule has 166 valence electrons. The number of amides is 1. The highest BCUT2D eigenvalue weighted by Gasteiger charge is 2.28. The summed E-state index contributed by atoms with van der Waals surface area (Å²) in [4.78, 5) is 28.5. The van der Waals surface area contributed by atoms with Crippen molar-refractivity contribution in [1.29, 1.82) is 0 Å². The van der Waals surface area contributed by atoms with Gasteiger partial charge in [-0.15, -0.1) is 0 Å². The van der Waals surface area contributed by atoms with Gasteiger partial charge in [0.25, 0.3) is 5.91 Å². The molecule has 0 bridgehead atoms. The van der Waals surface area contributed by atoms with Crippen LogP contribution < -0.4 is 15.5 Å². The van der Waals surface area contributed by atoms with E-state index in [-0.39, 0.29) is 12.0 Å². The summed E-state index contributed by atoms with van der Waals surface area (Å²) in [5.74, 6) is 0.477. The zero-order valence-electron chi connectivity index (χ0n) is 17.8. The van der Waals surface area contributed by atoms with E-state index in [9.17, 15) is 9.90 Å². The number of nitrogens with zero attached hydrogens (tertiary/aromatic N) is 6. The van der Waals surface area contributed by atoms with E-state index in [4.69, 9.17) is 0 Å². The lowest BCUT2D eigenvalue weighted by Crippen LogP contribution is -2.35. The maximum Gasteiger partial charge on any atom is 0.254 e. The number of hydrogen-bond donors (Lipinski definition) is 3. The summed E-state index contributed by atoms with van der Waals surface area (Å²) < 4.78 is 1.72. The summed E-state index contributed by atoms with van der Waals surface area (Å²) in [7, 11) is 0. The minimum absolute atomic E-state index is 0.151. The summed E-state index contributed by atoms with van der Waals surface area (Å²) in [6, 6.07) is 7.59. The quantitative estimate of drug-likeness (QED) is 0.440. The third-order valence-electron chi connectivity index (χ3n) is 6.19. The zero-order valence-corrected chi connectivity index (χ0v) is 17.8. The van der Waals surface area contributed by atoms with Gasteiger partial charge in [-0.05, 0) is 37.1 Å². The van der Waals surface area contributed by atoms with Crippen molar-refractivity contribution in [1.82, 2.24) is 29.9 Å². The average molecular weight is 442 g/mol. The number of aliphatic hydroxyl groups is 1. The van der Waals surface area contributed by atoms with E-state index in [1.54, 1.807) is 23.1 Å². The third-order valence-corrected chi connectivity index (χ3v) is 6.19. The number of hydrogen-bond acceptors (Lipinski definition) is 8. The molecule has 0 radical (unpaired) electrons. The standard InChI is InChI=1S/C23H22N8O2/c32-15-5-8-30(9-6-15)14-3-4-19(24-10-14)29-17-12-26-22(16-11-27-23(33)21(16)17)18-13-25-20-2-1-7-28-31(18)20/h1-4,7,10,12-13,15,32H,5-6,8-9,11H2,(H,24,29)(H,27,33). The van der Waals surface area contributed by atoms with Crippen molar-refractivity contribution in [2.45, 2.75) is 25.5 Å². The van der Waals surface area contributed by atoms with Crippen molar-refractivity contribution < 1.29 is 9.90 Å². The van der Waals surface area contributed by atoms with Crippen LogP contribution in [0.15, 0.2) is 49.1 Å². The smallest absolute Gasteiger partial charge is 0.254 e. The number of imidazole rings is 1. The number of carbonyl (C=O) groups is 1. The minimum Gasteiger partial charge on any atom is -0.393 e. The first-order valence-corrected chi connectivity index (χ1v) is 10.9. The average Bonchev–Trinajstić information content (AvgIpc) is 3.45. The van der Waals surface area contributed by atoms with Gasteiger partial charge < -0.3 is 20.6 Å². The predicted molar refractivity (Wildman–Crippen MR) is 122 cm³/mol. The fraction of sp³-hybridized carbons (Fsp3) is 0.261. The van der Waals surface area contributed by atoms with E-state index in [1.807, 2.05) is 30.5 Å². The Hall–Kier alpha value is -4.05. The normalized spacial score (nSPS) is 16.2. The SMILES string of the molecule is O=C1NCc2c(-c3cnc4cccnn34)ncc(Nc3ccc(N4CCC(O)CC4)cn3)c21. The van der Waals surface area contributed by atoms with E-state index < -0.39 is 0 Å². The van der Waals surface area contributed by atoms with Crippen LogP contribution in [0.4, 0.5) is 17.2 Å². The number of nitrogens with one attached hydrogen (secondary N) is 2. The molecular formula is C23H22N8O2. The van der Waals surface area contributed by atoms with Crippen molar-refractivity contribution in [3.05, 3.63) is 60.2 Å². The number of piperidine rings is 1. The first-order valence-electron chi connectivity index (χ1n) is 10.9. The van der Waals surface area contributed by atoms with E-state index in [1.165, 1.54) is 0 Å². The molecule has 2 aliphatic rings. The fourth-order valence-electron chi connectivity index (χ4n) is 4.46. The van der Waals surface area contributed by atoms with Crippen LogP contribution in [0.2, 0.25) is 0 Å². The molecule has 1 saturated heterocycles. The van der Waals surface area contributed by atoms with Gasteiger partial charge in [-0.1, -0.05) is 0 Å². The predicted octanol–water partition coefficient (Wildman–Crippen LogP) is 2.13. The van der Waals surface area contributed by atoms with Crippen molar-refractivity contribution in [3.63, 3.8) is 0 Å². The Balaban J connectivity index is 1.31. The van der Waals surface area contributed by atoms with Crippen LogP contribution in [-0.2, 0) is 6.54 Å². The Morgan fingerprint density at radius 3 is 2.76 bits per heavy atom. The van der Waals surface area contributed by atoms with Gasteiger partial charge in [0, 0.05) is 31.4 Å². The lowest BCUT2D eigenvalue weighted by Gasteiger charge is -2.31.